The predicted octanol–water partition coefficient (Wildman–Crippen LogP) is 4.64. The molecule has 0 aromatic heterocycles. The number of carbonyl (C=O) groups excluding carboxylic acids is 2. The van der Waals surface area contributed by atoms with Crippen molar-refractivity contribution < 1.29 is 31.5 Å². The number of carbonyl (C=O) groups is 2. The van der Waals surface area contributed by atoms with Gasteiger partial charge in [-0.25, -0.2) is 22.0 Å². The van der Waals surface area contributed by atoms with Crippen LogP contribution in [0.1, 0.15) is 47.1 Å². The van der Waals surface area contributed by atoms with E-state index in [4.69, 9.17) is 0 Å². The fraction of sp³-hybridized carbons (Fsp3) is 0.263. The monoisotopic (exact) mass is 385 g/mol. The van der Waals surface area contributed by atoms with Crippen molar-refractivity contribution in [2.45, 2.75) is 33.4 Å². The molecule has 27 heavy (non-hydrogen) atoms. The Hall–Kier alpha value is -2.77. The second kappa shape index (κ2) is 7.85. The van der Waals surface area contributed by atoms with E-state index < -0.39 is 46.6 Å². The summed E-state index contributed by atoms with van der Waals surface area (Å²) in [6, 6.07) is 5.51. The average molecular weight is 385 g/mol. The summed E-state index contributed by atoms with van der Waals surface area (Å²) in [5.74, 6) is -12.5. The van der Waals surface area contributed by atoms with Crippen LogP contribution in [0.2, 0.25) is 0 Å². The Morgan fingerprint density at radius 3 is 1.70 bits per heavy atom. The Morgan fingerprint density at radius 2 is 1.30 bits per heavy atom. The minimum atomic E-state index is -2.32. The van der Waals surface area contributed by atoms with Gasteiger partial charge in [-0.2, -0.15) is 0 Å². The lowest BCUT2D eigenvalue weighted by Crippen LogP contribution is -2.38. The highest BCUT2D eigenvalue weighted by Gasteiger charge is 2.33. The molecule has 0 aliphatic carbocycles. The normalized spacial score (nSPS) is 11.0. The molecular weight excluding hydrogens is 369 g/mol. The minimum Gasteiger partial charge on any atom is -0.332 e. The molecule has 144 valence electrons. The molecule has 0 unspecified atom stereocenters. The Labute approximate surface area is 152 Å². The molecule has 0 fully saturated rings. The predicted molar refractivity (Wildman–Crippen MR) is 87.7 cm³/mol. The van der Waals surface area contributed by atoms with Gasteiger partial charge >= 0.3 is 0 Å². The van der Waals surface area contributed by atoms with Crippen molar-refractivity contribution in [2.75, 3.05) is 0 Å². The second-order valence-electron chi connectivity index (χ2n) is 6.22. The van der Waals surface area contributed by atoms with E-state index in [1.807, 2.05) is 0 Å². The van der Waals surface area contributed by atoms with Gasteiger partial charge in [0.05, 0.1) is 0 Å². The van der Waals surface area contributed by atoms with Crippen LogP contribution < -0.4 is 0 Å². The highest BCUT2D eigenvalue weighted by Crippen LogP contribution is 2.25. The number of benzene rings is 2. The first-order chi connectivity index (χ1) is 12.6. The summed E-state index contributed by atoms with van der Waals surface area (Å²) in [6.45, 7) is 4.30. The van der Waals surface area contributed by atoms with Crippen LogP contribution in [0.5, 0.6) is 0 Å². The summed E-state index contributed by atoms with van der Waals surface area (Å²) >= 11 is 0. The highest BCUT2D eigenvalue weighted by atomic mass is 19.2. The number of hydrogen-bond acceptors (Lipinski definition) is 2. The molecule has 0 aliphatic heterocycles. The summed E-state index contributed by atoms with van der Waals surface area (Å²) in [7, 11) is 0. The van der Waals surface area contributed by atoms with E-state index >= 15 is 0 Å². The zero-order chi connectivity index (χ0) is 20.5. The lowest BCUT2D eigenvalue weighted by Gasteiger charge is -2.27. The molecule has 0 bridgehead atoms. The highest BCUT2D eigenvalue weighted by molar-refractivity contribution is 5.95. The van der Waals surface area contributed by atoms with Gasteiger partial charge in [-0.1, -0.05) is 24.3 Å². The van der Waals surface area contributed by atoms with E-state index in [1.54, 1.807) is 0 Å². The smallest absolute Gasteiger partial charge is 0.260 e. The number of rotatable bonds is 5. The van der Waals surface area contributed by atoms with Crippen molar-refractivity contribution in [3.63, 3.8) is 0 Å². The number of amides is 1. The number of Topliss-reactive ketones (excluding diaryl/α,β-unsaturated/α-hetero) is 1. The molecule has 2 rings (SSSR count). The molecule has 1 amide bonds. The molecule has 0 N–H and O–H groups in total. The summed E-state index contributed by atoms with van der Waals surface area (Å²) < 4.78 is 67.9. The molecule has 2 aromatic carbocycles. The molecule has 0 saturated carbocycles. The molecule has 2 aromatic rings. The van der Waals surface area contributed by atoms with E-state index in [0.717, 1.165) is 4.90 Å². The summed E-state index contributed by atoms with van der Waals surface area (Å²) in [6.07, 6.45) is 0. The van der Waals surface area contributed by atoms with E-state index in [1.165, 1.54) is 45.0 Å². The molecule has 0 heterocycles. The second-order valence-corrected chi connectivity index (χ2v) is 6.22. The number of hydrogen-bond donors (Lipinski definition) is 0. The fourth-order valence-corrected chi connectivity index (χ4v) is 2.47. The molecule has 0 aliphatic rings. The Balaban J connectivity index is 2.43. The van der Waals surface area contributed by atoms with E-state index in [9.17, 15) is 31.5 Å². The van der Waals surface area contributed by atoms with Gasteiger partial charge in [0.15, 0.2) is 29.1 Å². The van der Waals surface area contributed by atoms with Crippen molar-refractivity contribution >= 4 is 11.7 Å². The molecule has 0 radical (unpaired) electrons. The van der Waals surface area contributed by atoms with Gasteiger partial charge in [-0.3, -0.25) is 9.59 Å². The molecular formula is C19H16F5NO2. The van der Waals surface area contributed by atoms with Crippen molar-refractivity contribution in [2.24, 2.45) is 0 Å². The SMILES string of the molecule is CC(=O)c1ccc(CN(C(=O)c2c(F)c(F)c(F)c(F)c2F)C(C)C)cc1. The summed E-state index contributed by atoms with van der Waals surface area (Å²) in [5, 5.41) is 0. The Bertz CT molecular complexity index is 865. The largest absolute Gasteiger partial charge is 0.332 e. The van der Waals surface area contributed by atoms with Crippen molar-refractivity contribution in [3.05, 3.63) is 70.0 Å². The van der Waals surface area contributed by atoms with Crippen molar-refractivity contribution in [1.29, 1.82) is 0 Å². The third kappa shape index (κ3) is 3.99. The third-order valence-corrected chi connectivity index (χ3v) is 4.02. The first-order valence-electron chi connectivity index (χ1n) is 7.98. The summed E-state index contributed by atoms with van der Waals surface area (Å²) in [4.78, 5) is 24.8. The van der Waals surface area contributed by atoms with Gasteiger partial charge in [0.2, 0.25) is 5.82 Å². The van der Waals surface area contributed by atoms with Gasteiger partial charge in [-0.15, -0.1) is 0 Å². The minimum absolute atomic E-state index is 0.145. The number of ketones is 1. The third-order valence-electron chi connectivity index (χ3n) is 4.02. The zero-order valence-corrected chi connectivity index (χ0v) is 14.7. The maximum absolute atomic E-state index is 14.0. The van der Waals surface area contributed by atoms with Crippen LogP contribution in [0.15, 0.2) is 24.3 Å². The average Bonchev–Trinajstić information content (AvgIpc) is 2.62. The van der Waals surface area contributed by atoms with E-state index in [0.29, 0.717) is 11.1 Å². The van der Waals surface area contributed by atoms with Crippen LogP contribution in [0.4, 0.5) is 22.0 Å². The quantitative estimate of drug-likeness (QED) is 0.326. The Kier molecular flexibility index (Phi) is 5.98. The maximum Gasteiger partial charge on any atom is 0.260 e. The zero-order valence-electron chi connectivity index (χ0n) is 14.7. The van der Waals surface area contributed by atoms with Crippen molar-refractivity contribution in [3.8, 4) is 0 Å². The van der Waals surface area contributed by atoms with Gasteiger partial charge in [0, 0.05) is 18.2 Å². The molecule has 8 heteroatoms. The van der Waals surface area contributed by atoms with Gasteiger partial charge in [0.25, 0.3) is 5.91 Å². The van der Waals surface area contributed by atoms with Crippen molar-refractivity contribution in [1.82, 2.24) is 4.90 Å². The standard InChI is InChI=1S/C19H16F5NO2/c1-9(2)25(8-11-4-6-12(7-5-11)10(3)26)19(27)13-14(20)16(22)18(24)17(23)15(13)21/h4-7,9H,8H2,1-3H3. The first kappa shape index (κ1) is 20.5. The molecule has 0 saturated heterocycles. The Morgan fingerprint density at radius 1 is 0.852 bits per heavy atom. The van der Waals surface area contributed by atoms with Crippen LogP contribution in [0, 0.1) is 29.1 Å². The maximum atomic E-state index is 14.0. The van der Waals surface area contributed by atoms with Crippen LogP contribution in [-0.4, -0.2) is 22.6 Å². The summed E-state index contributed by atoms with van der Waals surface area (Å²) in [5.41, 5.74) is -0.549. The lowest BCUT2D eigenvalue weighted by molar-refractivity contribution is 0.0676. The van der Waals surface area contributed by atoms with E-state index in [-0.39, 0.29) is 12.3 Å². The topological polar surface area (TPSA) is 37.4 Å². The number of halogens is 5. The van der Waals surface area contributed by atoms with Crippen LogP contribution in [0.3, 0.4) is 0 Å². The van der Waals surface area contributed by atoms with Gasteiger partial charge in [0.1, 0.15) is 5.56 Å². The fourth-order valence-electron chi connectivity index (χ4n) is 2.47. The van der Waals surface area contributed by atoms with Gasteiger partial charge in [-0.05, 0) is 26.3 Å². The molecule has 3 nitrogen and oxygen atoms in total. The van der Waals surface area contributed by atoms with E-state index in [2.05, 4.69) is 0 Å². The van der Waals surface area contributed by atoms with Crippen LogP contribution >= 0.6 is 0 Å². The van der Waals surface area contributed by atoms with Crippen LogP contribution in [0.25, 0.3) is 0 Å². The van der Waals surface area contributed by atoms with Crippen LogP contribution in [-0.2, 0) is 6.54 Å². The lowest BCUT2D eigenvalue weighted by atomic mass is 10.1. The first-order valence-corrected chi connectivity index (χ1v) is 7.98. The molecule has 0 spiro atoms. The number of nitrogens with zero attached hydrogens (tertiary/aromatic N) is 1. The molecule has 0 atom stereocenters. The van der Waals surface area contributed by atoms with Gasteiger partial charge < -0.3 is 4.90 Å².